The molecule has 0 aliphatic heterocycles. The molecule has 1 rings (SSSR count). The third-order valence-corrected chi connectivity index (χ3v) is 4.68. The van der Waals surface area contributed by atoms with Crippen molar-refractivity contribution in [1.82, 2.24) is 0 Å². The highest BCUT2D eigenvalue weighted by Gasteiger charge is 2.32. The van der Waals surface area contributed by atoms with Crippen molar-refractivity contribution in [1.29, 1.82) is 0 Å². The Morgan fingerprint density at radius 2 is 1.92 bits per heavy atom. The van der Waals surface area contributed by atoms with Gasteiger partial charge in [0.1, 0.15) is 0 Å². The maximum Gasteiger partial charge on any atom is 0.0519 e. The van der Waals surface area contributed by atoms with Crippen LogP contribution in [0.1, 0.15) is 26.7 Å². The molecule has 1 aliphatic rings. The van der Waals surface area contributed by atoms with Gasteiger partial charge in [0, 0.05) is 8.84 Å². The number of rotatable bonds is 1. The molecule has 1 aliphatic carbocycles. The Labute approximate surface area is 86.7 Å². The van der Waals surface area contributed by atoms with Crippen molar-refractivity contribution in [2.45, 2.75) is 36.7 Å². The minimum atomic E-state index is 0.208. The molecule has 0 aromatic rings. The lowest BCUT2D eigenvalue weighted by atomic mass is 9.80. The number of alkyl halides is 1. The number of hydrogen-bond donors (Lipinski definition) is 0. The van der Waals surface area contributed by atoms with Crippen LogP contribution in [0.5, 0.6) is 0 Å². The number of azide groups is 1. The molecule has 4 atom stereocenters. The van der Waals surface area contributed by atoms with Gasteiger partial charge in [0.15, 0.2) is 0 Å². The van der Waals surface area contributed by atoms with Crippen molar-refractivity contribution in [2.24, 2.45) is 17.0 Å². The summed E-state index contributed by atoms with van der Waals surface area (Å²) in [4.78, 5) is 2.91. The fourth-order valence-electron chi connectivity index (χ4n) is 1.74. The van der Waals surface area contributed by atoms with Crippen LogP contribution in [-0.4, -0.2) is 9.97 Å². The quantitative estimate of drug-likeness (QED) is 0.232. The van der Waals surface area contributed by atoms with E-state index in [4.69, 9.17) is 5.53 Å². The average molecular weight is 279 g/mol. The lowest BCUT2D eigenvalue weighted by Gasteiger charge is -2.34. The van der Waals surface area contributed by atoms with Gasteiger partial charge in [-0.05, 0) is 30.2 Å². The van der Waals surface area contributed by atoms with E-state index in [-0.39, 0.29) is 6.04 Å². The minimum Gasteiger partial charge on any atom is -0.0892 e. The molecule has 0 amide bonds. The molecule has 12 heavy (non-hydrogen) atoms. The lowest BCUT2D eigenvalue weighted by molar-refractivity contribution is 0.285. The number of nitrogens with zero attached hydrogens (tertiary/aromatic N) is 3. The molecule has 0 heterocycles. The highest BCUT2D eigenvalue weighted by Crippen LogP contribution is 2.35. The fourth-order valence-corrected chi connectivity index (χ4v) is 2.96. The van der Waals surface area contributed by atoms with E-state index in [1.54, 1.807) is 0 Å². The summed E-state index contributed by atoms with van der Waals surface area (Å²) < 4.78 is 0.516. The molecule has 1 fully saturated rings. The first kappa shape index (κ1) is 10.1. The second-order valence-electron chi connectivity index (χ2n) is 3.67. The fraction of sp³-hybridized carbons (Fsp3) is 1.00. The second kappa shape index (κ2) is 4.33. The topological polar surface area (TPSA) is 48.8 Å². The lowest BCUT2D eigenvalue weighted by Crippen LogP contribution is -2.35. The van der Waals surface area contributed by atoms with E-state index in [1.807, 2.05) is 0 Å². The van der Waals surface area contributed by atoms with E-state index in [9.17, 15) is 0 Å². The third kappa shape index (κ3) is 2.04. The van der Waals surface area contributed by atoms with Gasteiger partial charge < -0.3 is 0 Å². The maximum absolute atomic E-state index is 8.40. The van der Waals surface area contributed by atoms with E-state index >= 15 is 0 Å². The van der Waals surface area contributed by atoms with Gasteiger partial charge >= 0.3 is 0 Å². The molecule has 0 N–H and O–H groups in total. The highest BCUT2D eigenvalue weighted by molar-refractivity contribution is 14.1. The smallest absolute Gasteiger partial charge is 0.0519 e. The Bertz CT molecular complexity index is 200. The van der Waals surface area contributed by atoms with Crippen LogP contribution in [0, 0.1) is 11.8 Å². The molecule has 0 radical (unpaired) electrons. The summed E-state index contributed by atoms with van der Waals surface area (Å²) in [6, 6.07) is 0.208. The Kier molecular flexibility index (Phi) is 3.65. The molecule has 1 saturated carbocycles. The predicted octanol–water partition coefficient (Wildman–Crippen LogP) is 3.53. The zero-order valence-electron chi connectivity index (χ0n) is 7.44. The van der Waals surface area contributed by atoms with Gasteiger partial charge in [-0.25, -0.2) is 0 Å². The third-order valence-electron chi connectivity index (χ3n) is 2.72. The molecular weight excluding hydrogens is 265 g/mol. The van der Waals surface area contributed by atoms with E-state index in [0.29, 0.717) is 15.8 Å². The van der Waals surface area contributed by atoms with Crippen LogP contribution in [0.2, 0.25) is 0 Å². The summed E-state index contributed by atoms with van der Waals surface area (Å²) in [6.45, 7) is 4.42. The summed E-state index contributed by atoms with van der Waals surface area (Å²) in [5.41, 5.74) is 8.40. The molecular formula is C8H14IN3. The van der Waals surface area contributed by atoms with Gasteiger partial charge in [0.25, 0.3) is 0 Å². The SMILES string of the molecule is C[C@@H]1CC[C@@H](C)[C@@H](N=[N+]=[N-])[C@@H]1I. The van der Waals surface area contributed by atoms with Crippen molar-refractivity contribution in [3.05, 3.63) is 10.4 Å². The van der Waals surface area contributed by atoms with Crippen LogP contribution in [0.25, 0.3) is 10.4 Å². The Morgan fingerprint density at radius 3 is 2.50 bits per heavy atom. The van der Waals surface area contributed by atoms with Gasteiger partial charge in [-0.3, -0.25) is 0 Å². The van der Waals surface area contributed by atoms with Crippen molar-refractivity contribution < 1.29 is 0 Å². The van der Waals surface area contributed by atoms with Crippen molar-refractivity contribution in [2.75, 3.05) is 0 Å². The molecule has 0 aromatic carbocycles. The van der Waals surface area contributed by atoms with Crippen molar-refractivity contribution >= 4 is 22.6 Å². The van der Waals surface area contributed by atoms with E-state index in [1.165, 1.54) is 12.8 Å². The molecule has 0 bridgehead atoms. The van der Waals surface area contributed by atoms with Crippen LogP contribution >= 0.6 is 22.6 Å². The predicted molar refractivity (Wildman–Crippen MR) is 58.3 cm³/mol. The van der Waals surface area contributed by atoms with Crippen molar-refractivity contribution in [3.8, 4) is 0 Å². The summed E-state index contributed by atoms with van der Waals surface area (Å²) >= 11 is 2.42. The normalized spacial score (nSPS) is 41.9. The van der Waals surface area contributed by atoms with E-state index < -0.39 is 0 Å². The van der Waals surface area contributed by atoms with Crippen LogP contribution in [0.15, 0.2) is 5.11 Å². The maximum atomic E-state index is 8.40. The van der Waals surface area contributed by atoms with Gasteiger partial charge in [0.2, 0.25) is 0 Å². The molecule has 0 saturated heterocycles. The van der Waals surface area contributed by atoms with Crippen molar-refractivity contribution in [3.63, 3.8) is 0 Å². The highest BCUT2D eigenvalue weighted by atomic mass is 127. The Morgan fingerprint density at radius 1 is 1.33 bits per heavy atom. The Balaban J connectivity index is 2.71. The van der Waals surface area contributed by atoms with Gasteiger partial charge in [-0.1, -0.05) is 41.6 Å². The molecule has 3 nitrogen and oxygen atoms in total. The molecule has 0 aromatic heterocycles. The molecule has 0 unspecified atom stereocenters. The Hall–Kier alpha value is 0.0400. The number of hydrogen-bond acceptors (Lipinski definition) is 1. The molecule has 68 valence electrons. The first-order valence-corrected chi connectivity index (χ1v) is 5.59. The molecule has 0 spiro atoms. The van der Waals surface area contributed by atoms with Crippen LogP contribution < -0.4 is 0 Å². The summed E-state index contributed by atoms with van der Waals surface area (Å²) in [7, 11) is 0. The van der Waals surface area contributed by atoms with Gasteiger partial charge in [0.05, 0.1) is 6.04 Å². The first-order valence-electron chi connectivity index (χ1n) is 4.35. The van der Waals surface area contributed by atoms with Crippen LogP contribution in [0.4, 0.5) is 0 Å². The van der Waals surface area contributed by atoms with E-state index in [0.717, 1.165) is 0 Å². The summed E-state index contributed by atoms with van der Waals surface area (Å²) in [5.74, 6) is 1.25. The number of halogens is 1. The van der Waals surface area contributed by atoms with Gasteiger partial charge in [-0.15, -0.1) is 0 Å². The van der Waals surface area contributed by atoms with Gasteiger partial charge in [-0.2, -0.15) is 0 Å². The average Bonchev–Trinajstić information content (AvgIpc) is 2.06. The zero-order valence-corrected chi connectivity index (χ0v) is 9.60. The first-order chi connectivity index (χ1) is 5.66. The van der Waals surface area contributed by atoms with Crippen LogP contribution in [0.3, 0.4) is 0 Å². The minimum absolute atomic E-state index is 0.208. The monoisotopic (exact) mass is 279 g/mol. The van der Waals surface area contributed by atoms with Crippen LogP contribution in [-0.2, 0) is 0 Å². The summed E-state index contributed by atoms with van der Waals surface area (Å²) in [5, 5.41) is 3.87. The summed E-state index contributed by atoms with van der Waals surface area (Å²) in [6.07, 6.45) is 2.47. The second-order valence-corrected chi connectivity index (χ2v) is 5.11. The molecule has 4 heteroatoms. The largest absolute Gasteiger partial charge is 0.0892 e. The van der Waals surface area contributed by atoms with E-state index in [2.05, 4.69) is 46.5 Å². The zero-order chi connectivity index (χ0) is 9.14. The standard InChI is InChI=1S/C8H14IN3/c1-5-3-4-6(2)8(7(5)9)11-12-10/h5-8H,3-4H2,1-2H3/t5-,6-,7-,8-/m1/s1.